The average molecular weight is 182 g/mol. The molecule has 0 saturated heterocycles. The quantitative estimate of drug-likeness (QED) is 0.559. The van der Waals surface area contributed by atoms with Gasteiger partial charge in [0.15, 0.2) is 0 Å². The predicted molar refractivity (Wildman–Crippen MR) is 42.4 cm³/mol. The zero-order valence-electron chi connectivity index (χ0n) is 6.82. The Morgan fingerprint density at radius 2 is 1.64 bits per heavy atom. The van der Waals surface area contributed by atoms with Crippen LogP contribution in [0.4, 0.5) is 0 Å². The van der Waals surface area contributed by atoms with Crippen molar-refractivity contribution < 1.29 is 19.5 Å². The van der Waals surface area contributed by atoms with Crippen molar-refractivity contribution in [3.63, 3.8) is 0 Å². The van der Waals surface area contributed by atoms with Crippen LogP contribution >= 0.6 is 7.60 Å². The minimum absolute atomic E-state index is 0.370. The van der Waals surface area contributed by atoms with Gasteiger partial charge in [0.1, 0.15) is 0 Å². The van der Waals surface area contributed by atoms with E-state index in [4.69, 9.17) is 9.79 Å². The van der Waals surface area contributed by atoms with Gasteiger partial charge in [-0.2, -0.15) is 0 Å². The van der Waals surface area contributed by atoms with E-state index in [-0.39, 0.29) is 0 Å². The van der Waals surface area contributed by atoms with Crippen molar-refractivity contribution in [1.29, 1.82) is 0 Å². The van der Waals surface area contributed by atoms with E-state index in [1.807, 2.05) is 0 Å². The first kappa shape index (κ1) is 11.1. The first-order chi connectivity index (χ1) is 4.83. The molecule has 0 atom stereocenters. The van der Waals surface area contributed by atoms with Gasteiger partial charge in [0.2, 0.25) is 0 Å². The summed E-state index contributed by atoms with van der Waals surface area (Å²) in [4.78, 5) is 17.1. The van der Waals surface area contributed by atoms with Crippen LogP contribution in [-0.4, -0.2) is 26.7 Å². The molecule has 0 aliphatic carbocycles. The fourth-order valence-electron chi connectivity index (χ4n) is 0.857. The van der Waals surface area contributed by atoms with Gasteiger partial charge in [-0.1, -0.05) is 13.8 Å². The highest BCUT2D eigenvalue weighted by Gasteiger charge is 2.31. The Labute approximate surface area is 66.4 Å². The molecule has 4 nitrogen and oxygen atoms in total. The second-order valence-electron chi connectivity index (χ2n) is 2.75. The van der Waals surface area contributed by atoms with Crippen molar-refractivity contribution in [3.05, 3.63) is 0 Å². The van der Waals surface area contributed by atoms with E-state index in [2.05, 4.69) is 0 Å². The lowest BCUT2D eigenvalue weighted by molar-refractivity contribution is 0.0506. The first-order valence-corrected chi connectivity index (χ1v) is 5.39. The minimum Gasteiger partial charge on any atom is -0.389 e. The van der Waals surface area contributed by atoms with Gasteiger partial charge in [0.25, 0.3) is 0 Å². The zero-order valence-corrected chi connectivity index (χ0v) is 7.71. The summed E-state index contributed by atoms with van der Waals surface area (Å²) in [7, 11) is -4.07. The molecular formula is C6H15O4P. The Balaban J connectivity index is 4.20. The van der Waals surface area contributed by atoms with Gasteiger partial charge < -0.3 is 14.9 Å². The van der Waals surface area contributed by atoms with E-state index in [0.717, 1.165) is 0 Å². The molecule has 0 spiro atoms. The molecule has 5 heteroatoms. The van der Waals surface area contributed by atoms with Gasteiger partial charge >= 0.3 is 7.60 Å². The van der Waals surface area contributed by atoms with Crippen LogP contribution in [0, 0.1) is 0 Å². The van der Waals surface area contributed by atoms with Gasteiger partial charge in [-0.15, -0.1) is 0 Å². The molecule has 3 N–H and O–H groups in total. The number of hydrogen-bond acceptors (Lipinski definition) is 2. The van der Waals surface area contributed by atoms with Crippen molar-refractivity contribution in [3.8, 4) is 0 Å². The third-order valence-corrected chi connectivity index (χ3v) is 2.82. The largest absolute Gasteiger partial charge is 0.389 e. The summed E-state index contributed by atoms with van der Waals surface area (Å²) in [6, 6.07) is 0. The fraction of sp³-hybridized carbons (Fsp3) is 1.00. The van der Waals surface area contributed by atoms with Crippen molar-refractivity contribution in [2.45, 2.75) is 32.3 Å². The van der Waals surface area contributed by atoms with Crippen LogP contribution in [0.15, 0.2) is 0 Å². The van der Waals surface area contributed by atoms with Gasteiger partial charge in [0, 0.05) is 0 Å². The molecule has 0 aliphatic rings. The maximum absolute atomic E-state index is 10.5. The van der Waals surface area contributed by atoms with Crippen LogP contribution in [0.1, 0.15) is 26.7 Å². The third-order valence-electron chi connectivity index (χ3n) is 1.82. The van der Waals surface area contributed by atoms with E-state index < -0.39 is 19.4 Å². The van der Waals surface area contributed by atoms with Crippen molar-refractivity contribution in [2.24, 2.45) is 0 Å². The summed E-state index contributed by atoms with van der Waals surface area (Å²) in [6.45, 7) is 3.42. The lowest BCUT2D eigenvalue weighted by Gasteiger charge is -2.24. The number of aliphatic hydroxyl groups is 1. The molecule has 0 aromatic carbocycles. The summed E-state index contributed by atoms with van der Waals surface area (Å²) in [5, 5.41) is 9.47. The Morgan fingerprint density at radius 3 is 1.73 bits per heavy atom. The molecule has 0 aromatic heterocycles. The summed E-state index contributed by atoms with van der Waals surface area (Å²) in [5.74, 6) is 0. The highest BCUT2D eigenvalue weighted by atomic mass is 31.2. The van der Waals surface area contributed by atoms with Crippen LogP contribution in [0.2, 0.25) is 0 Å². The lowest BCUT2D eigenvalue weighted by atomic mass is 10.0. The van der Waals surface area contributed by atoms with E-state index in [0.29, 0.717) is 12.8 Å². The Kier molecular flexibility index (Phi) is 3.71. The monoisotopic (exact) mass is 182 g/mol. The molecule has 0 saturated carbocycles. The summed E-state index contributed by atoms with van der Waals surface area (Å²) in [6.07, 6.45) is 0.302. The normalized spacial score (nSPS) is 13.5. The van der Waals surface area contributed by atoms with Crippen molar-refractivity contribution in [1.82, 2.24) is 0 Å². The maximum Gasteiger partial charge on any atom is 0.328 e. The van der Waals surface area contributed by atoms with Gasteiger partial charge in [0.05, 0.1) is 11.8 Å². The highest BCUT2D eigenvalue weighted by molar-refractivity contribution is 7.51. The van der Waals surface area contributed by atoms with Crippen LogP contribution < -0.4 is 0 Å². The molecule has 0 bridgehead atoms. The second kappa shape index (κ2) is 3.68. The summed E-state index contributed by atoms with van der Waals surface area (Å²) >= 11 is 0. The van der Waals surface area contributed by atoms with E-state index >= 15 is 0 Å². The SMILES string of the molecule is CCC(O)(CC)CP(=O)(O)O. The number of rotatable bonds is 4. The molecule has 0 heterocycles. The molecular weight excluding hydrogens is 167 g/mol. The maximum atomic E-state index is 10.5. The Hall–Kier alpha value is 0.110. The van der Waals surface area contributed by atoms with Crippen molar-refractivity contribution >= 4 is 7.60 Å². The predicted octanol–water partition coefficient (Wildman–Crippen LogP) is 0.715. The first-order valence-electron chi connectivity index (χ1n) is 3.60. The fourth-order valence-corrected chi connectivity index (χ4v) is 2.07. The molecule has 68 valence electrons. The van der Waals surface area contributed by atoms with Gasteiger partial charge in [-0.05, 0) is 12.8 Å². The molecule has 0 radical (unpaired) electrons. The lowest BCUT2D eigenvalue weighted by Crippen LogP contribution is -2.31. The number of hydrogen-bond donors (Lipinski definition) is 3. The topological polar surface area (TPSA) is 77.8 Å². The average Bonchev–Trinajstić information content (AvgIpc) is 1.84. The minimum atomic E-state index is -4.07. The standard InChI is InChI=1S/C6H15O4P/c1-3-6(7,4-2)5-11(8,9)10/h7H,3-5H2,1-2H3,(H2,8,9,10). The molecule has 0 rings (SSSR count). The molecule has 0 unspecified atom stereocenters. The molecule has 0 aromatic rings. The smallest absolute Gasteiger partial charge is 0.328 e. The molecule has 0 aliphatic heterocycles. The third kappa shape index (κ3) is 4.53. The molecule has 0 fully saturated rings. The molecule has 11 heavy (non-hydrogen) atoms. The van der Waals surface area contributed by atoms with Crippen LogP contribution in [0.25, 0.3) is 0 Å². The van der Waals surface area contributed by atoms with Gasteiger partial charge in [-0.25, -0.2) is 0 Å². The van der Waals surface area contributed by atoms with Crippen LogP contribution in [-0.2, 0) is 4.57 Å². The van der Waals surface area contributed by atoms with Crippen molar-refractivity contribution in [2.75, 3.05) is 6.16 Å². The second-order valence-corrected chi connectivity index (χ2v) is 4.40. The Morgan fingerprint density at radius 1 is 1.27 bits per heavy atom. The Bertz CT molecular complexity index is 158. The zero-order chi connectivity index (χ0) is 9.12. The highest BCUT2D eigenvalue weighted by Crippen LogP contribution is 2.40. The van der Waals surface area contributed by atoms with Gasteiger partial charge in [-0.3, -0.25) is 4.57 Å². The van der Waals surface area contributed by atoms with Crippen LogP contribution in [0.5, 0.6) is 0 Å². The van der Waals surface area contributed by atoms with Crippen LogP contribution in [0.3, 0.4) is 0 Å². The molecule has 0 amide bonds. The summed E-state index contributed by atoms with van der Waals surface area (Å²) < 4.78 is 10.5. The summed E-state index contributed by atoms with van der Waals surface area (Å²) in [5.41, 5.74) is -1.20. The van der Waals surface area contributed by atoms with E-state index in [9.17, 15) is 9.67 Å². The van der Waals surface area contributed by atoms with E-state index in [1.54, 1.807) is 13.8 Å². The van der Waals surface area contributed by atoms with E-state index in [1.165, 1.54) is 0 Å².